The van der Waals surface area contributed by atoms with E-state index in [1.54, 1.807) is 0 Å². The van der Waals surface area contributed by atoms with Crippen LogP contribution in [0.4, 0.5) is 0 Å². The van der Waals surface area contributed by atoms with Gasteiger partial charge in [0.1, 0.15) is 0 Å². The molecule has 1 heteroatoms. The van der Waals surface area contributed by atoms with Crippen molar-refractivity contribution in [3.8, 4) is 0 Å². The largest absolute Gasteiger partial charge is 0.374 e. The Bertz CT molecular complexity index is 162. The molecule has 0 aromatic rings. The lowest BCUT2D eigenvalue weighted by atomic mass is 9.82. The van der Waals surface area contributed by atoms with Gasteiger partial charge in [-0.15, -0.1) is 0 Å². The molecule has 3 atom stereocenters. The monoisotopic (exact) mass is 154 g/mol. The van der Waals surface area contributed by atoms with Gasteiger partial charge in [0.15, 0.2) is 0 Å². The van der Waals surface area contributed by atoms with Crippen LogP contribution in [0.2, 0.25) is 0 Å². The molecule has 64 valence electrons. The van der Waals surface area contributed by atoms with Crippen molar-refractivity contribution >= 4 is 0 Å². The first-order chi connectivity index (χ1) is 5.12. The highest BCUT2D eigenvalue weighted by molar-refractivity contribution is 5.03. The van der Waals surface area contributed by atoms with Gasteiger partial charge in [-0.05, 0) is 18.3 Å². The van der Waals surface area contributed by atoms with Gasteiger partial charge >= 0.3 is 0 Å². The molecule has 11 heavy (non-hydrogen) atoms. The number of hydrogen-bond donors (Lipinski definition) is 0. The summed E-state index contributed by atoms with van der Waals surface area (Å²) in [6.07, 6.45) is 5.20. The van der Waals surface area contributed by atoms with E-state index < -0.39 is 0 Å². The number of fused-ring (bicyclic) bond motifs is 1. The Labute approximate surface area is 69.1 Å². The van der Waals surface area contributed by atoms with Crippen LogP contribution in [0.15, 0.2) is 0 Å². The summed E-state index contributed by atoms with van der Waals surface area (Å²) in [7, 11) is 0. The van der Waals surface area contributed by atoms with E-state index in [2.05, 4.69) is 20.8 Å². The topological polar surface area (TPSA) is 9.23 Å². The molecule has 0 radical (unpaired) electrons. The van der Waals surface area contributed by atoms with Gasteiger partial charge in [-0.3, -0.25) is 0 Å². The first-order valence-corrected chi connectivity index (χ1v) is 4.78. The molecule has 0 bridgehead atoms. The zero-order chi connectivity index (χ0) is 8.06. The van der Waals surface area contributed by atoms with Gasteiger partial charge < -0.3 is 4.74 Å². The zero-order valence-electron chi connectivity index (χ0n) is 7.76. The van der Waals surface area contributed by atoms with E-state index in [0.717, 1.165) is 5.92 Å². The second-order valence-electron chi connectivity index (χ2n) is 4.83. The van der Waals surface area contributed by atoms with E-state index in [0.29, 0.717) is 17.6 Å². The van der Waals surface area contributed by atoms with Crippen LogP contribution in [0.5, 0.6) is 0 Å². The SMILES string of the molecule is CCC(C)(C)CC1OC2CC21. The summed E-state index contributed by atoms with van der Waals surface area (Å²) < 4.78 is 5.65. The van der Waals surface area contributed by atoms with Gasteiger partial charge in [-0.1, -0.05) is 27.2 Å². The van der Waals surface area contributed by atoms with Gasteiger partial charge in [0.25, 0.3) is 0 Å². The smallest absolute Gasteiger partial charge is 0.0638 e. The highest BCUT2D eigenvalue weighted by Gasteiger charge is 2.56. The molecular formula is C10H18O. The third-order valence-electron chi connectivity index (χ3n) is 3.32. The van der Waals surface area contributed by atoms with Gasteiger partial charge in [0, 0.05) is 5.92 Å². The van der Waals surface area contributed by atoms with Crippen LogP contribution in [-0.2, 0) is 4.74 Å². The molecule has 1 nitrogen and oxygen atoms in total. The molecule has 0 aromatic carbocycles. The molecule has 2 fully saturated rings. The minimum atomic E-state index is 0.498. The maximum absolute atomic E-state index is 5.65. The van der Waals surface area contributed by atoms with Crippen molar-refractivity contribution in [2.24, 2.45) is 11.3 Å². The zero-order valence-corrected chi connectivity index (χ0v) is 7.76. The Balaban J connectivity index is 1.80. The number of rotatable bonds is 3. The van der Waals surface area contributed by atoms with Gasteiger partial charge in [-0.2, -0.15) is 0 Å². The standard InChI is InChI=1S/C10H18O/c1-4-10(2,3)6-9-7-5-8(7)11-9/h7-9H,4-6H2,1-3H3. The molecule has 1 aliphatic heterocycles. The third kappa shape index (κ3) is 1.31. The molecule has 1 heterocycles. The van der Waals surface area contributed by atoms with E-state index in [1.807, 2.05) is 0 Å². The van der Waals surface area contributed by atoms with E-state index in [-0.39, 0.29) is 0 Å². The molecule has 1 aliphatic carbocycles. The van der Waals surface area contributed by atoms with E-state index in [9.17, 15) is 0 Å². The van der Waals surface area contributed by atoms with Crippen molar-refractivity contribution in [2.75, 3.05) is 0 Å². The fraction of sp³-hybridized carbons (Fsp3) is 1.00. The van der Waals surface area contributed by atoms with E-state index >= 15 is 0 Å². The minimum absolute atomic E-state index is 0.498. The molecule has 3 unspecified atom stereocenters. The van der Waals surface area contributed by atoms with Crippen LogP contribution in [0.3, 0.4) is 0 Å². The minimum Gasteiger partial charge on any atom is -0.374 e. The van der Waals surface area contributed by atoms with Crippen LogP contribution in [0.1, 0.15) is 40.0 Å². The third-order valence-corrected chi connectivity index (χ3v) is 3.32. The fourth-order valence-corrected chi connectivity index (χ4v) is 1.86. The Morgan fingerprint density at radius 1 is 1.45 bits per heavy atom. The Hall–Kier alpha value is -0.0400. The summed E-state index contributed by atoms with van der Waals surface area (Å²) in [5.41, 5.74) is 0.498. The van der Waals surface area contributed by atoms with Crippen LogP contribution in [0.25, 0.3) is 0 Å². The predicted molar refractivity (Wildman–Crippen MR) is 45.5 cm³/mol. The molecule has 1 saturated heterocycles. The highest BCUT2D eigenvalue weighted by Crippen LogP contribution is 2.52. The predicted octanol–water partition coefficient (Wildman–Crippen LogP) is 2.60. The van der Waals surface area contributed by atoms with Gasteiger partial charge in [-0.25, -0.2) is 0 Å². The van der Waals surface area contributed by atoms with Crippen LogP contribution >= 0.6 is 0 Å². The molecular weight excluding hydrogens is 136 g/mol. The van der Waals surface area contributed by atoms with E-state index in [4.69, 9.17) is 4.74 Å². The van der Waals surface area contributed by atoms with E-state index in [1.165, 1.54) is 19.3 Å². The highest BCUT2D eigenvalue weighted by atomic mass is 16.5. The lowest BCUT2D eigenvalue weighted by Crippen LogP contribution is -2.33. The summed E-state index contributed by atoms with van der Waals surface area (Å²) >= 11 is 0. The summed E-state index contributed by atoms with van der Waals surface area (Å²) in [4.78, 5) is 0. The summed E-state index contributed by atoms with van der Waals surface area (Å²) in [5, 5.41) is 0. The number of ether oxygens (including phenoxy) is 1. The second-order valence-corrected chi connectivity index (χ2v) is 4.83. The van der Waals surface area contributed by atoms with Crippen molar-refractivity contribution < 1.29 is 4.74 Å². The summed E-state index contributed by atoms with van der Waals surface area (Å²) in [6.45, 7) is 6.95. The van der Waals surface area contributed by atoms with Crippen molar-refractivity contribution in [3.05, 3.63) is 0 Å². The average Bonchev–Trinajstić information content (AvgIpc) is 2.57. The number of hydrogen-bond acceptors (Lipinski definition) is 1. The Morgan fingerprint density at radius 2 is 2.18 bits per heavy atom. The van der Waals surface area contributed by atoms with Gasteiger partial charge in [0.2, 0.25) is 0 Å². The Kier molecular flexibility index (Phi) is 1.54. The molecule has 0 amide bonds. The normalized spacial score (nSPS) is 41.2. The first kappa shape index (κ1) is 7.60. The summed E-state index contributed by atoms with van der Waals surface area (Å²) in [6, 6.07) is 0. The maximum atomic E-state index is 5.65. The molecule has 2 rings (SSSR count). The van der Waals surface area contributed by atoms with Crippen molar-refractivity contribution in [3.63, 3.8) is 0 Å². The lowest BCUT2D eigenvalue weighted by molar-refractivity contribution is -0.0824. The average molecular weight is 154 g/mol. The van der Waals surface area contributed by atoms with Gasteiger partial charge in [0.05, 0.1) is 12.2 Å². The second kappa shape index (κ2) is 2.22. The van der Waals surface area contributed by atoms with Crippen LogP contribution in [0, 0.1) is 11.3 Å². The summed E-state index contributed by atoms with van der Waals surface area (Å²) in [5.74, 6) is 0.959. The van der Waals surface area contributed by atoms with Crippen molar-refractivity contribution in [2.45, 2.75) is 52.2 Å². The van der Waals surface area contributed by atoms with Crippen molar-refractivity contribution in [1.82, 2.24) is 0 Å². The lowest BCUT2D eigenvalue weighted by Gasteiger charge is -2.33. The van der Waals surface area contributed by atoms with Crippen molar-refractivity contribution in [1.29, 1.82) is 0 Å². The maximum Gasteiger partial charge on any atom is 0.0638 e. The Morgan fingerprint density at radius 3 is 2.55 bits per heavy atom. The molecule has 1 saturated carbocycles. The fourth-order valence-electron chi connectivity index (χ4n) is 1.86. The molecule has 0 aromatic heterocycles. The van der Waals surface area contributed by atoms with Crippen LogP contribution < -0.4 is 0 Å². The molecule has 0 spiro atoms. The van der Waals surface area contributed by atoms with Crippen LogP contribution in [-0.4, -0.2) is 12.2 Å². The molecule has 2 aliphatic rings. The first-order valence-electron chi connectivity index (χ1n) is 4.78. The quantitative estimate of drug-likeness (QED) is 0.607. The molecule has 0 N–H and O–H groups in total.